The van der Waals surface area contributed by atoms with E-state index in [1.165, 1.54) is 0 Å². The lowest BCUT2D eigenvalue weighted by molar-refractivity contribution is -0.402. The Morgan fingerprint density at radius 3 is 2.23 bits per heavy atom. The molecule has 5 nitrogen and oxygen atoms in total. The Balaban J connectivity index is 2.45. The fourth-order valence-corrected chi connectivity index (χ4v) is 0.711. The summed E-state index contributed by atoms with van der Waals surface area (Å²) in [7, 11) is 0. The molecule has 0 amide bonds. The average Bonchev–Trinajstić information content (AvgIpc) is 1.81. The normalized spacial score (nSPS) is 22.7. The molecule has 0 aliphatic carbocycles. The van der Waals surface area contributed by atoms with E-state index in [1.807, 2.05) is 0 Å². The molecule has 1 saturated heterocycles. The van der Waals surface area contributed by atoms with Crippen LogP contribution in [0, 0.1) is 0 Å². The van der Waals surface area contributed by atoms with E-state index in [0.717, 1.165) is 0 Å². The molecule has 0 radical (unpaired) electrons. The lowest BCUT2D eigenvalue weighted by atomic mass is 10.2. The van der Waals surface area contributed by atoms with Crippen molar-refractivity contribution < 1.29 is 37.7 Å². The van der Waals surface area contributed by atoms with Gasteiger partial charge < -0.3 is 19.7 Å². The summed E-state index contributed by atoms with van der Waals surface area (Å²) in [5.41, 5.74) is 0. The molecule has 8 heteroatoms. The SMILES string of the molecule is O=C1OC(O)(CC(O)C(F)(F)F)O1. The number of cyclic esters (lactones) is 2. The number of alkyl halides is 3. The number of rotatable bonds is 2. The highest BCUT2D eigenvalue weighted by Gasteiger charge is 2.53. The summed E-state index contributed by atoms with van der Waals surface area (Å²) in [6, 6.07) is 0. The highest BCUT2D eigenvalue weighted by atomic mass is 19.4. The fraction of sp³-hybridized carbons (Fsp3) is 0.800. The quantitative estimate of drug-likeness (QED) is 0.621. The van der Waals surface area contributed by atoms with Gasteiger partial charge in [0.25, 0.3) is 0 Å². The fourth-order valence-electron chi connectivity index (χ4n) is 0.711. The molecule has 1 fully saturated rings. The van der Waals surface area contributed by atoms with Crippen molar-refractivity contribution in [2.75, 3.05) is 0 Å². The van der Waals surface area contributed by atoms with Crippen molar-refractivity contribution in [2.45, 2.75) is 24.7 Å². The summed E-state index contributed by atoms with van der Waals surface area (Å²) < 4.78 is 42.7. The van der Waals surface area contributed by atoms with E-state index < -0.39 is 30.8 Å². The third kappa shape index (κ3) is 2.22. The van der Waals surface area contributed by atoms with Gasteiger partial charge in [0.05, 0.1) is 6.42 Å². The molecule has 0 saturated carbocycles. The Labute approximate surface area is 69.7 Å². The van der Waals surface area contributed by atoms with Crippen molar-refractivity contribution in [1.29, 1.82) is 0 Å². The van der Waals surface area contributed by atoms with Gasteiger partial charge in [-0.2, -0.15) is 13.2 Å². The number of carbonyl (C=O) groups is 1. The van der Waals surface area contributed by atoms with Crippen LogP contribution in [0.4, 0.5) is 18.0 Å². The van der Waals surface area contributed by atoms with Crippen LogP contribution in [0.2, 0.25) is 0 Å². The molecule has 0 spiro atoms. The summed E-state index contributed by atoms with van der Waals surface area (Å²) in [6.07, 6.45) is -10.2. The standard InChI is InChI=1S/C5H5F3O5/c6-5(7,8)2(9)1-4(11)12-3(10)13-4/h2,9,11H,1H2. The molecule has 13 heavy (non-hydrogen) atoms. The lowest BCUT2D eigenvalue weighted by Crippen LogP contribution is -2.53. The molecule has 2 N–H and O–H groups in total. The summed E-state index contributed by atoms with van der Waals surface area (Å²) >= 11 is 0. The molecule has 1 atom stereocenters. The van der Waals surface area contributed by atoms with Crippen molar-refractivity contribution in [3.8, 4) is 0 Å². The maximum atomic E-state index is 11.7. The number of aliphatic hydroxyl groups excluding tert-OH is 1. The Morgan fingerprint density at radius 2 is 1.92 bits per heavy atom. The van der Waals surface area contributed by atoms with Crippen molar-refractivity contribution in [3.05, 3.63) is 0 Å². The number of hydrogen-bond donors (Lipinski definition) is 2. The Hall–Kier alpha value is -1.02. The molecule has 1 heterocycles. The first-order valence-electron chi connectivity index (χ1n) is 3.12. The van der Waals surface area contributed by atoms with Crippen LogP contribution >= 0.6 is 0 Å². The number of aliphatic hydroxyl groups is 2. The minimum atomic E-state index is -4.89. The monoisotopic (exact) mass is 202 g/mol. The van der Waals surface area contributed by atoms with Crippen LogP contribution < -0.4 is 0 Å². The van der Waals surface area contributed by atoms with Gasteiger partial charge in [-0.3, -0.25) is 0 Å². The van der Waals surface area contributed by atoms with Crippen LogP contribution in [0.15, 0.2) is 0 Å². The van der Waals surface area contributed by atoms with Gasteiger partial charge in [0.1, 0.15) is 0 Å². The average molecular weight is 202 g/mol. The smallest absolute Gasteiger partial charge is 0.383 e. The van der Waals surface area contributed by atoms with Gasteiger partial charge in [-0.25, -0.2) is 4.79 Å². The zero-order valence-corrected chi connectivity index (χ0v) is 6.04. The summed E-state index contributed by atoms with van der Waals surface area (Å²) in [6.45, 7) is 0. The van der Waals surface area contributed by atoms with Gasteiger partial charge in [0.15, 0.2) is 6.10 Å². The largest absolute Gasteiger partial charge is 0.518 e. The highest BCUT2D eigenvalue weighted by Crippen LogP contribution is 2.32. The third-order valence-electron chi connectivity index (χ3n) is 1.31. The molecule has 0 aromatic rings. The van der Waals surface area contributed by atoms with E-state index >= 15 is 0 Å². The summed E-state index contributed by atoms with van der Waals surface area (Å²) in [5, 5.41) is 17.2. The van der Waals surface area contributed by atoms with Crippen LogP contribution in [0.1, 0.15) is 6.42 Å². The number of hydrogen-bond acceptors (Lipinski definition) is 5. The second-order valence-corrected chi connectivity index (χ2v) is 2.43. The van der Waals surface area contributed by atoms with Crippen molar-refractivity contribution in [1.82, 2.24) is 0 Å². The van der Waals surface area contributed by atoms with Gasteiger partial charge in [0.2, 0.25) is 0 Å². The second kappa shape index (κ2) is 2.74. The van der Waals surface area contributed by atoms with Crippen LogP contribution in [0.25, 0.3) is 0 Å². The Morgan fingerprint density at radius 1 is 1.46 bits per heavy atom. The van der Waals surface area contributed by atoms with E-state index in [-0.39, 0.29) is 0 Å². The molecular formula is C5H5F3O5. The molecule has 1 aliphatic heterocycles. The number of carbonyl (C=O) groups excluding carboxylic acids is 1. The van der Waals surface area contributed by atoms with Crippen LogP contribution in [0.5, 0.6) is 0 Å². The van der Waals surface area contributed by atoms with Crippen molar-refractivity contribution >= 4 is 6.16 Å². The Kier molecular flexibility index (Phi) is 2.12. The third-order valence-corrected chi connectivity index (χ3v) is 1.31. The van der Waals surface area contributed by atoms with E-state index in [9.17, 15) is 18.0 Å². The first kappa shape index (κ1) is 10.1. The lowest BCUT2D eigenvalue weighted by Gasteiger charge is -2.35. The van der Waals surface area contributed by atoms with E-state index in [0.29, 0.717) is 0 Å². The molecule has 1 aliphatic rings. The molecule has 76 valence electrons. The van der Waals surface area contributed by atoms with Gasteiger partial charge in [-0.05, 0) is 0 Å². The van der Waals surface area contributed by atoms with Crippen LogP contribution in [-0.4, -0.2) is 34.6 Å². The first-order chi connectivity index (χ1) is 5.73. The molecule has 1 rings (SSSR count). The van der Waals surface area contributed by atoms with Crippen molar-refractivity contribution in [3.63, 3.8) is 0 Å². The van der Waals surface area contributed by atoms with Gasteiger partial charge in [-0.1, -0.05) is 0 Å². The molecule has 0 bridgehead atoms. The first-order valence-corrected chi connectivity index (χ1v) is 3.12. The Bertz CT molecular complexity index is 217. The predicted molar refractivity (Wildman–Crippen MR) is 29.2 cm³/mol. The number of ether oxygens (including phenoxy) is 2. The summed E-state index contributed by atoms with van der Waals surface area (Å²) in [5.74, 6) is -2.65. The van der Waals surface area contributed by atoms with Gasteiger partial charge >= 0.3 is 18.3 Å². The van der Waals surface area contributed by atoms with E-state index in [4.69, 9.17) is 10.2 Å². The second-order valence-electron chi connectivity index (χ2n) is 2.43. The zero-order chi connectivity index (χ0) is 10.3. The van der Waals surface area contributed by atoms with Gasteiger partial charge in [0, 0.05) is 0 Å². The highest BCUT2D eigenvalue weighted by molar-refractivity contribution is 5.64. The van der Waals surface area contributed by atoms with E-state index in [1.54, 1.807) is 0 Å². The van der Waals surface area contributed by atoms with E-state index in [2.05, 4.69) is 9.47 Å². The minimum Gasteiger partial charge on any atom is -0.383 e. The maximum absolute atomic E-state index is 11.7. The predicted octanol–water partition coefficient (Wildman–Crippen LogP) is 0.113. The van der Waals surface area contributed by atoms with Crippen LogP contribution in [-0.2, 0) is 9.47 Å². The molecule has 1 unspecified atom stereocenters. The molecule has 0 aromatic heterocycles. The zero-order valence-electron chi connectivity index (χ0n) is 6.04. The maximum Gasteiger partial charge on any atom is 0.518 e. The van der Waals surface area contributed by atoms with Gasteiger partial charge in [-0.15, -0.1) is 0 Å². The number of halogens is 3. The minimum absolute atomic E-state index is 1.26. The molecule has 0 aromatic carbocycles. The van der Waals surface area contributed by atoms with Crippen LogP contribution in [0.3, 0.4) is 0 Å². The molecular weight excluding hydrogens is 197 g/mol. The topological polar surface area (TPSA) is 76.0 Å². The summed E-state index contributed by atoms with van der Waals surface area (Å²) in [4.78, 5) is 9.98. The van der Waals surface area contributed by atoms with Crippen molar-refractivity contribution in [2.24, 2.45) is 0 Å².